The quantitative estimate of drug-likeness (QED) is 0.372. The number of aliphatic hydroxyl groups excluding tert-OH is 1. The summed E-state index contributed by atoms with van der Waals surface area (Å²) in [4.78, 5) is 14.5. The van der Waals surface area contributed by atoms with Gasteiger partial charge in [-0.15, -0.1) is 5.10 Å². The van der Waals surface area contributed by atoms with E-state index < -0.39 is 0 Å². The number of anilines is 2. The van der Waals surface area contributed by atoms with E-state index in [0.29, 0.717) is 17.1 Å². The van der Waals surface area contributed by atoms with Gasteiger partial charge in [0, 0.05) is 25.2 Å². The molecule has 0 aliphatic carbocycles. The highest BCUT2D eigenvalue weighted by atomic mass is 16.3. The SMILES string of the molecule is Nc1ccccc1NC(=O)/C=C/c1cn([C@@H]2C[C@@H](CO)N(CCc3ccccc3)C2)nn1. The molecular weight excluding hydrogens is 404 g/mol. The van der Waals surface area contributed by atoms with E-state index in [1.54, 1.807) is 18.2 Å². The van der Waals surface area contributed by atoms with Crippen LogP contribution in [0, 0.1) is 0 Å². The smallest absolute Gasteiger partial charge is 0.248 e. The summed E-state index contributed by atoms with van der Waals surface area (Å²) < 4.78 is 1.83. The highest BCUT2D eigenvalue weighted by molar-refractivity contribution is 6.03. The molecule has 1 aliphatic heterocycles. The summed E-state index contributed by atoms with van der Waals surface area (Å²) in [5.41, 5.74) is 8.82. The third-order valence-corrected chi connectivity index (χ3v) is 5.77. The van der Waals surface area contributed by atoms with Gasteiger partial charge in [0.15, 0.2) is 0 Å². The van der Waals surface area contributed by atoms with Gasteiger partial charge in [-0.2, -0.15) is 0 Å². The molecule has 2 aromatic carbocycles. The van der Waals surface area contributed by atoms with Crippen molar-refractivity contribution < 1.29 is 9.90 Å². The molecule has 32 heavy (non-hydrogen) atoms. The Morgan fingerprint density at radius 1 is 1.19 bits per heavy atom. The Morgan fingerprint density at radius 3 is 2.75 bits per heavy atom. The van der Waals surface area contributed by atoms with Crippen LogP contribution in [0.5, 0.6) is 0 Å². The third-order valence-electron chi connectivity index (χ3n) is 5.77. The van der Waals surface area contributed by atoms with Gasteiger partial charge in [-0.1, -0.05) is 47.7 Å². The molecule has 3 aromatic rings. The van der Waals surface area contributed by atoms with E-state index in [1.807, 2.05) is 41.2 Å². The second-order valence-electron chi connectivity index (χ2n) is 7.99. The van der Waals surface area contributed by atoms with Crippen molar-refractivity contribution in [2.24, 2.45) is 0 Å². The summed E-state index contributed by atoms with van der Waals surface area (Å²) in [7, 11) is 0. The number of amides is 1. The largest absolute Gasteiger partial charge is 0.397 e. The number of carbonyl (C=O) groups is 1. The molecule has 4 N–H and O–H groups in total. The number of nitrogen functional groups attached to an aromatic ring is 1. The van der Waals surface area contributed by atoms with Crippen LogP contribution in [0.15, 0.2) is 66.9 Å². The second kappa shape index (κ2) is 10.2. The molecule has 4 rings (SSSR count). The number of likely N-dealkylation sites (tertiary alicyclic amines) is 1. The minimum atomic E-state index is -0.286. The Hall–Kier alpha value is -3.49. The van der Waals surface area contributed by atoms with Gasteiger partial charge >= 0.3 is 0 Å². The monoisotopic (exact) mass is 432 g/mol. The van der Waals surface area contributed by atoms with Crippen LogP contribution in [-0.2, 0) is 11.2 Å². The molecule has 1 amide bonds. The average Bonchev–Trinajstić information content (AvgIpc) is 3.45. The van der Waals surface area contributed by atoms with E-state index in [4.69, 9.17) is 5.73 Å². The van der Waals surface area contributed by atoms with Gasteiger partial charge in [0.25, 0.3) is 0 Å². The first kappa shape index (κ1) is 21.7. The fourth-order valence-corrected chi connectivity index (χ4v) is 4.02. The second-order valence-corrected chi connectivity index (χ2v) is 7.99. The van der Waals surface area contributed by atoms with Gasteiger partial charge in [-0.25, -0.2) is 4.68 Å². The standard InChI is InChI=1S/C24H28N6O2/c25-22-8-4-5-9-23(22)26-24(32)11-10-19-15-30(28-27-19)20-14-21(17-31)29(16-20)13-12-18-6-2-1-3-7-18/h1-11,15,20-21,31H,12-14,16-17,25H2,(H,26,32)/b11-10+/t20-,21+/m1/s1. The maximum absolute atomic E-state index is 12.2. The number of carbonyl (C=O) groups excluding carboxylic acids is 1. The number of rotatable bonds is 8. The first-order valence-electron chi connectivity index (χ1n) is 10.8. The van der Waals surface area contributed by atoms with E-state index in [9.17, 15) is 9.90 Å². The van der Waals surface area contributed by atoms with Crippen molar-refractivity contribution in [3.05, 3.63) is 78.1 Å². The van der Waals surface area contributed by atoms with Crippen LogP contribution in [-0.4, -0.2) is 56.6 Å². The zero-order chi connectivity index (χ0) is 22.3. The predicted molar refractivity (Wildman–Crippen MR) is 125 cm³/mol. The molecule has 8 heteroatoms. The van der Waals surface area contributed by atoms with E-state index in [1.165, 1.54) is 11.6 Å². The number of nitrogens with one attached hydrogen (secondary N) is 1. The van der Waals surface area contributed by atoms with E-state index in [2.05, 4.69) is 32.7 Å². The first-order chi connectivity index (χ1) is 15.6. The number of para-hydroxylation sites is 2. The van der Waals surface area contributed by atoms with Crippen LogP contribution in [0.25, 0.3) is 6.08 Å². The van der Waals surface area contributed by atoms with Gasteiger partial charge < -0.3 is 16.2 Å². The lowest BCUT2D eigenvalue weighted by Gasteiger charge is -2.22. The van der Waals surface area contributed by atoms with Gasteiger partial charge in [0.2, 0.25) is 5.91 Å². The topological polar surface area (TPSA) is 109 Å². The molecule has 2 heterocycles. The summed E-state index contributed by atoms with van der Waals surface area (Å²) in [5, 5.41) is 21.0. The lowest BCUT2D eigenvalue weighted by atomic mass is 10.1. The van der Waals surface area contributed by atoms with Crippen molar-refractivity contribution in [1.29, 1.82) is 0 Å². The molecule has 1 fully saturated rings. The molecule has 8 nitrogen and oxygen atoms in total. The van der Waals surface area contributed by atoms with Crippen molar-refractivity contribution in [2.45, 2.75) is 24.9 Å². The van der Waals surface area contributed by atoms with Crippen LogP contribution in [0.3, 0.4) is 0 Å². The Labute approximate surface area is 187 Å². The zero-order valence-corrected chi connectivity index (χ0v) is 17.8. The number of hydrogen-bond acceptors (Lipinski definition) is 6. The minimum absolute atomic E-state index is 0.106. The molecule has 1 saturated heterocycles. The third kappa shape index (κ3) is 5.40. The number of aromatic nitrogens is 3. The maximum atomic E-state index is 12.2. The molecular formula is C24H28N6O2. The first-order valence-corrected chi connectivity index (χ1v) is 10.8. The number of nitrogens with two attached hydrogens (primary N) is 1. The Morgan fingerprint density at radius 2 is 1.97 bits per heavy atom. The van der Waals surface area contributed by atoms with Crippen molar-refractivity contribution in [3.63, 3.8) is 0 Å². The molecule has 0 unspecified atom stereocenters. The van der Waals surface area contributed by atoms with Crippen LogP contribution >= 0.6 is 0 Å². The van der Waals surface area contributed by atoms with Crippen LogP contribution < -0.4 is 11.1 Å². The van der Waals surface area contributed by atoms with Gasteiger partial charge in [0.1, 0.15) is 5.69 Å². The van der Waals surface area contributed by atoms with Crippen molar-refractivity contribution in [2.75, 3.05) is 30.7 Å². The molecule has 166 valence electrons. The van der Waals surface area contributed by atoms with Crippen LogP contribution in [0.2, 0.25) is 0 Å². The predicted octanol–water partition coefficient (Wildman–Crippen LogP) is 2.36. The van der Waals surface area contributed by atoms with Crippen molar-refractivity contribution in [3.8, 4) is 0 Å². The maximum Gasteiger partial charge on any atom is 0.248 e. The molecule has 2 atom stereocenters. The van der Waals surface area contributed by atoms with Gasteiger partial charge in [0.05, 0.1) is 30.2 Å². The van der Waals surface area contributed by atoms with Crippen molar-refractivity contribution in [1.82, 2.24) is 19.9 Å². The van der Waals surface area contributed by atoms with Crippen LogP contribution in [0.4, 0.5) is 11.4 Å². The molecule has 0 saturated carbocycles. The molecule has 0 spiro atoms. The molecule has 0 radical (unpaired) electrons. The number of aliphatic hydroxyl groups is 1. The molecule has 1 aromatic heterocycles. The van der Waals surface area contributed by atoms with Gasteiger partial charge in [-0.3, -0.25) is 9.69 Å². The number of hydrogen-bond donors (Lipinski definition) is 3. The highest BCUT2D eigenvalue weighted by Gasteiger charge is 2.32. The fraction of sp³-hybridized carbons (Fsp3) is 0.292. The van der Waals surface area contributed by atoms with E-state index in [0.717, 1.165) is 25.9 Å². The zero-order valence-electron chi connectivity index (χ0n) is 17.8. The average molecular weight is 433 g/mol. The van der Waals surface area contributed by atoms with Crippen LogP contribution in [0.1, 0.15) is 23.7 Å². The van der Waals surface area contributed by atoms with Gasteiger partial charge in [-0.05, 0) is 36.6 Å². The summed E-state index contributed by atoms with van der Waals surface area (Å²) in [5.74, 6) is -0.286. The lowest BCUT2D eigenvalue weighted by molar-refractivity contribution is -0.111. The van der Waals surface area contributed by atoms with E-state index in [-0.39, 0.29) is 24.6 Å². The lowest BCUT2D eigenvalue weighted by Crippen LogP contribution is -2.34. The fourth-order valence-electron chi connectivity index (χ4n) is 4.02. The van der Waals surface area contributed by atoms with Crippen molar-refractivity contribution >= 4 is 23.4 Å². The normalized spacial score (nSPS) is 18.9. The Bertz CT molecular complexity index is 1070. The number of benzene rings is 2. The molecule has 0 bridgehead atoms. The van der Waals surface area contributed by atoms with E-state index >= 15 is 0 Å². The summed E-state index contributed by atoms with van der Waals surface area (Å²) in [6.45, 7) is 1.81. The summed E-state index contributed by atoms with van der Waals surface area (Å²) in [6, 6.07) is 17.7. The summed E-state index contributed by atoms with van der Waals surface area (Å²) >= 11 is 0. The Balaban J connectivity index is 1.34. The highest BCUT2D eigenvalue weighted by Crippen LogP contribution is 2.27. The summed E-state index contributed by atoms with van der Waals surface area (Å²) in [6.07, 6.45) is 6.63. The minimum Gasteiger partial charge on any atom is -0.397 e. The Kier molecular flexibility index (Phi) is 6.94. The number of nitrogens with zero attached hydrogens (tertiary/aromatic N) is 4. The molecule has 1 aliphatic rings.